The lowest BCUT2D eigenvalue weighted by Crippen LogP contribution is -2.26. The highest BCUT2D eigenvalue weighted by Crippen LogP contribution is 2.49. The lowest BCUT2D eigenvalue weighted by molar-refractivity contribution is 0.630. The summed E-state index contributed by atoms with van der Waals surface area (Å²) in [4.78, 5) is 0. The Morgan fingerprint density at radius 2 is 1.15 bits per heavy atom. The molecule has 1 aromatic heterocycles. The number of nitrogens with zero attached hydrogens (tertiary/aromatic N) is 1. The van der Waals surface area contributed by atoms with Gasteiger partial charge in [0.1, 0.15) is 0 Å². The topological polar surface area (TPSA) is 4.93 Å². The number of hydrogen-bond acceptors (Lipinski definition) is 0. The van der Waals surface area contributed by atoms with Gasteiger partial charge in [-0.2, -0.15) is 0 Å². The SMILES string of the molecule is CCc1ccccc1-c1ccc(-c2ccc3c(c2)c2cc(-c4ccc5ccccc5c4)cc4c2n3-c2ccccc2C4(C)C)cc1. The van der Waals surface area contributed by atoms with Crippen molar-refractivity contribution in [2.45, 2.75) is 32.6 Å². The average molecular weight is 590 g/mol. The molecule has 1 heteroatoms. The minimum atomic E-state index is -0.139. The molecule has 46 heavy (non-hydrogen) atoms. The van der Waals surface area contributed by atoms with Gasteiger partial charge >= 0.3 is 0 Å². The summed E-state index contributed by atoms with van der Waals surface area (Å²) in [6, 6.07) is 54.3. The fourth-order valence-electron chi connectivity index (χ4n) is 7.88. The van der Waals surface area contributed by atoms with Crippen LogP contribution in [0.2, 0.25) is 0 Å². The zero-order valence-corrected chi connectivity index (χ0v) is 26.5. The molecule has 8 aromatic rings. The van der Waals surface area contributed by atoms with E-state index in [1.54, 1.807) is 0 Å². The zero-order chi connectivity index (χ0) is 31.0. The van der Waals surface area contributed by atoms with Gasteiger partial charge in [0.25, 0.3) is 0 Å². The summed E-state index contributed by atoms with van der Waals surface area (Å²) in [7, 11) is 0. The van der Waals surface area contributed by atoms with Crippen molar-refractivity contribution < 1.29 is 0 Å². The van der Waals surface area contributed by atoms with Gasteiger partial charge in [-0.25, -0.2) is 0 Å². The van der Waals surface area contributed by atoms with E-state index in [1.165, 1.54) is 88.3 Å². The summed E-state index contributed by atoms with van der Waals surface area (Å²) in [5.41, 5.74) is 15.5. The molecule has 0 radical (unpaired) electrons. The van der Waals surface area contributed by atoms with E-state index in [1.807, 2.05) is 0 Å². The molecule has 220 valence electrons. The molecule has 9 rings (SSSR count). The maximum absolute atomic E-state index is 2.51. The molecule has 0 atom stereocenters. The minimum absolute atomic E-state index is 0.139. The van der Waals surface area contributed by atoms with Crippen molar-refractivity contribution in [2.75, 3.05) is 0 Å². The molecule has 7 aromatic carbocycles. The van der Waals surface area contributed by atoms with Crippen molar-refractivity contribution in [1.29, 1.82) is 0 Å². The Kier molecular flexibility index (Phi) is 5.89. The number of rotatable bonds is 4. The Hall–Kier alpha value is -5.40. The Labute approximate surface area is 270 Å². The van der Waals surface area contributed by atoms with Crippen LogP contribution in [0.15, 0.2) is 146 Å². The smallest absolute Gasteiger partial charge is 0.0582 e. The molecule has 2 heterocycles. The summed E-state index contributed by atoms with van der Waals surface area (Å²) in [5, 5.41) is 5.15. The van der Waals surface area contributed by atoms with E-state index >= 15 is 0 Å². The van der Waals surface area contributed by atoms with Gasteiger partial charge in [0.05, 0.1) is 16.7 Å². The van der Waals surface area contributed by atoms with Gasteiger partial charge in [-0.05, 0) is 104 Å². The van der Waals surface area contributed by atoms with Gasteiger partial charge < -0.3 is 4.57 Å². The molecule has 1 aliphatic rings. The van der Waals surface area contributed by atoms with Crippen LogP contribution in [0.25, 0.3) is 71.6 Å². The third-order valence-corrected chi connectivity index (χ3v) is 10.4. The maximum Gasteiger partial charge on any atom is 0.0582 e. The Morgan fingerprint density at radius 1 is 0.500 bits per heavy atom. The molecule has 0 aliphatic carbocycles. The second-order valence-electron chi connectivity index (χ2n) is 13.3. The van der Waals surface area contributed by atoms with E-state index in [4.69, 9.17) is 0 Å². The monoisotopic (exact) mass is 589 g/mol. The van der Waals surface area contributed by atoms with Crippen LogP contribution >= 0.6 is 0 Å². The van der Waals surface area contributed by atoms with Crippen molar-refractivity contribution in [3.05, 3.63) is 162 Å². The van der Waals surface area contributed by atoms with Gasteiger partial charge in [-0.3, -0.25) is 0 Å². The highest BCUT2D eigenvalue weighted by molar-refractivity contribution is 6.14. The van der Waals surface area contributed by atoms with E-state index in [2.05, 4.69) is 171 Å². The first-order valence-electron chi connectivity index (χ1n) is 16.4. The molecule has 1 nitrogen and oxygen atoms in total. The lowest BCUT2D eigenvalue weighted by Gasteiger charge is -2.35. The number of aromatic nitrogens is 1. The molecule has 0 fully saturated rings. The molecule has 0 spiro atoms. The summed E-state index contributed by atoms with van der Waals surface area (Å²) in [5.74, 6) is 0. The fraction of sp³-hybridized carbons (Fsp3) is 0.111. The van der Waals surface area contributed by atoms with E-state index in [9.17, 15) is 0 Å². The fourth-order valence-corrected chi connectivity index (χ4v) is 7.88. The number of hydrogen-bond donors (Lipinski definition) is 0. The number of fused-ring (bicyclic) bond motifs is 6. The quantitative estimate of drug-likeness (QED) is 0.192. The van der Waals surface area contributed by atoms with E-state index in [0.29, 0.717) is 0 Å². The molecule has 0 bridgehead atoms. The molecule has 0 N–H and O–H groups in total. The number of benzene rings is 7. The third-order valence-electron chi connectivity index (χ3n) is 10.4. The molecular weight excluding hydrogens is 555 g/mol. The molecule has 1 aliphatic heterocycles. The van der Waals surface area contributed by atoms with Gasteiger partial charge in [-0.15, -0.1) is 0 Å². The summed E-state index contributed by atoms with van der Waals surface area (Å²) in [6.45, 7) is 7.00. The summed E-state index contributed by atoms with van der Waals surface area (Å²) < 4.78 is 2.51. The van der Waals surface area contributed by atoms with Crippen LogP contribution in [0.1, 0.15) is 37.5 Å². The second kappa shape index (κ2) is 10.1. The van der Waals surface area contributed by atoms with Crippen molar-refractivity contribution in [1.82, 2.24) is 4.57 Å². The highest BCUT2D eigenvalue weighted by atomic mass is 15.0. The van der Waals surface area contributed by atoms with Gasteiger partial charge in [-0.1, -0.05) is 130 Å². The molecular formula is C45H35N. The first kappa shape index (κ1) is 27.0. The lowest BCUT2D eigenvalue weighted by atomic mass is 9.74. The molecule has 0 saturated carbocycles. The van der Waals surface area contributed by atoms with Gasteiger partial charge in [0.2, 0.25) is 0 Å². The minimum Gasteiger partial charge on any atom is -0.309 e. The standard InChI is InChI=1S/C45H35N/c1-4-29-11-7-8-14-37(29)32-20-17-31(18-21-32)35-23-24-42-38(26-35)39-27-36(34-22-19-30-12-5-6-13-33(30)25-34)28-41-44(39)46(42)43-16-10-9-15-40(43)45(41,2)3/h5-28H,4H2,1-3H3. The van der Waals surface area contributed by atoms with Crippen molar-refractivity contribution >= 4 is 32.6 Å². The Bertz CT molecular complexity index is 2470. The largest absolute Gasteiger partial charge is 0.309 e. The van der Waals surface area contributed by atoms with E-state index in [-0.39, 0.29) is 5.41 Å². The number of para-hydroxylation sites is 1. The summed E-state index contributed by atoms with van der Waals surface area (Å²) >= 11 is 0. The highest BCUT2D eigenvalue weighted by Gasteiger charge is 2.35. The van der Waals surface area contributed by atoms with Crippen LogP contribution in [-0.2, 0) is 11.8 Å². The third kappa shape index (κ3) is 3.95. The summed E-state index contributed by atoms with van der Waals surface area (Å²) in [6.07, 6.45) is 1.03. The molecule has 0 unspecified atom stereocenters. The van der Waals surface area contributed by atoms with Crippen molar-refractivity contribution in [3.63, 3.8) is 0 Å². The predicted molar refractivity (Wildman–Crippen MR) is 196 cm³/mol. The zero-order valence-electron chi connectivity index (χ0n) is 26.5. The molecule has 0 amide bonds. The van der Waals surface area contributed by atoms with Crippen LogP contribution in [0.3, 0.4) is 0 Å². The van der Waals surface area contributed by atoms with E-state index in [0.717, 1.165) is 6.42 Å². The first-order valence-corrected chi connectivity index (χ1v) is 16.4. The van der Waals surface area contributed by atoms with Crippen LogP contribution < -0.4 is 0 Å². The van der Waals surface area contributed by atoms with Crippen LogP contribution in [0, 0.1) is 0 Å². The predicted octanol–water partition coefficient (Wildman–Crippen LogP) is 12.1. The Balaban J connectivity index is 1.28. The normalized spacial score (nSPS) is 13.4. The van der Waals surface area contributed by atoms with Gasteiger partial charge in [0, 0.05) is 16.2 Å². The van der Waals surface area contributed by atoms with Crippen LogP contribution in [0.5, 0.6) is 0 Å². The van der Waals surface area contributed by atoms with E-state index < -0.39 is 0 Å². The van der Waals surface area contributed by atoms with Crippen LogP contribution in [0.4, 0.5) is 0 Å². The number of aryl methyl sites for hydroxylation is 1. The average Bonchev–Trinajstić information content (AvgIpc) is 3.44. The van der Waals surface area contributed by atoms with Crippen molar-refractivity contribution in [3.8, 4) is 39.1 Å². The second-order valence-corrected chi connectivity index (χ2v) is 13.3. The first-order chi connectivity index (χ1) is 22.5. The maximum atomic E-state index is 2.51. The molecule has 0 saturated heterocycles. The van der Waals surface area contributed by atoms with Crippen LogP contribution in [-0.4, -0.2) is 4.57 Å². The Morgan fingerprint density at radius 3 is 2.00 bits per heavy atom. The van der Waals surface area contributed by atoms with Gasteiger partial charge in [0.15, 0.2) is 0 Å². The van der Waals surface area contributed by atoms with Crippen molar-refractivity contribution in [2.24, 2.45) is 0 Å².